The lowest BCUT2D eigenvalue weighted by Crippen LogP contribution is -2.44. The number of rotatable bonds is 6. The van der Waals surface area contributed by atoms with E-state index >= 15 is 0 Å². The maximum absolute atomic E-state index is 12.6. The molecule has 1 N–H and O–H groups in total. The monoisotopic (exact) mass is 357 g/mol. The Kier molecular flexibility index (Phi) is 5.23. The number of amides is 1. The van der Waals surface area contributed by atoms with Gasteiger partial charge >= 0.3 is 0 Å². The van der Waals surface area contributed by atoms with E-state index in [4.69, 9.17) is 9.47 Å². The molecule has 3 rings (SSSR count). The molecule has 0 bridgehead atoms. The summed E-state index contributed by atoms with van der Waals surface area (Å²) in [6.07, 6.45) is 0. The minimum absolute atomic E-state index is 0.0311. The first-order valence-electron chi connectivity index (χ1n) is 8.33. The first kappa shape index (κ1) is 17.7. The largest absolute Gasteiger partial charge is 0.454 e. The minimum atomic E-state index is -0.486. The van der Waals surface area contributed by atoms with Crippen LogP contribution in [0.5, 0.6) is 11.5 Å². The fourth-order valence-electron chi connectivity index (χ4n) is 2.64. The molecular weight excluding hydrogens is 334 g/mol. The van der Waals surface area contributed by atoms with Crippen LogP contribution in [-0.4, -0.2) is 18.0 Å². The number of ether oxygens (including phenoxy) is 2. The Balaban J connectivity index is 1.60. The minimum Gasteiger partial charge on any atom is -0.454 e. The Morgan fingerprint density at radius 3 is 2.64 bits per heavy atom. The van der Waals surface area contributed by atoms with Crippen molar-refractivity contribution in [2.45, 2.75) is 37.3 Å². The number of nitrogens with one attached hydrogen (secondary N) is 1. The predicted molar refractivity (Wildman–Crippen MR) is 101 cm³/mol. The molecule has 0 fully saturated rings. The Hall–Kier alpha value is -2.14. The lowest BCUT2D eigenvalue weighted by molar-refractivity contribution is -0.122. The van der Waals surface area contributed by atoms with Crippen molar-refractivity contribution in [1.82, 2.24) is 5.32 Å². The van der Waals surface area contributed by atoms with Gasteiger partial charge in [-0.15, -0.1) is 11.8 Å². The van der Waals surface area contributed by atoms with Crippen LogP contribution in [0.4, 0.5) is 0 Å². The van der Waals surface area contributed by atoms with Gasteiger partial charge in [0.15, 0.2) is 11.5 Å². The highest BCUT2D eigenvalue weighted by molar-refractivity contribution is 7.99. The fraction of sp³-hybridized carbons (Fsp3) is 0.350. The third kappa shape index (κ3) is 4.28. The summed E-state index contributed by atoms with van der Waals surface area (Å²) >= 11 is 1.64. The lowest BCUT2D eigenvalue weighted by atomic mass is 9.93. The summed E-state index contributed by atoms with van der Waals surface area (Å²) in [4.78, 5) is 12.6. The number of benzene rings is 2. The third-order valence-electron chi connectivity index (χ3n) is 4.24. The second-order valence-corrected chi connectivity index (χ2v) is 7.95. The van der Waals surface area contributed by atoms with Crippen molar-refractivity contribution in [3.63, 3.8) is 0 Å². The summed E-state index contributed by atoms with van der Waals surface area (Å²) in [5.74, 6) is 2.33. The maximum Gasteiger partial charge on any atom is 0.233 e. The Bertz CT molecular complexity index is 746. The van der Waals surface area contributed by atoms with Crippen LogP contribution in [0.1, 0.15) is 31.9 Å². The molecule has 0 radical (unpaired) electrons. The number of carbonyl (C=O) groups excluding carboxylic acids is 1. The number of thioether (sulfide) groups is 1. The second kappa shape index (κ2) is 7.40. The van der Waals surface area contributed by atoms with Gasteiger partial charge in [0.05, 0.1) is 10.8 Å². The lowest BCUT2D eigenvalue weighted by Gasteiger charge is -2.28. The van der Waals surface area contributed by atoms with E-state index in [2.05, 4.69) is 17.4 Å². The van der Waals surface area contributed by atoms with Crippen LogP contribution in [0.3, 0.4) is 0 Å². The molecule has 2 aromatic carbocycles. The average Bonchev–Trinajstić information content (AvgIpc) is 3.08. The maximum atomic E-state index is 12.6. The molecule has 1 aliphatic heterocycles. The van der Waals surface area contributed by atoms with Gasteiger partial charge in [0.1, 0.15) is 0 Å². The number of hydrogen-bond donors (Lipinski definition) is 1. The molecule has 1 amide bonds. The van der Waals surface area contributed by atoms with Gasteiger partial charge in [-0.1, -0.05) is 36.4 Å². The van der Waals surface area contributed by atoms with Crippen LogP contribution in [0.15, 0.2) is 48.5 Å². The number of fused-ring (bicyclic) bond motifs is 1. The quantitative estimate of drug-likeness (QED) is 0.846. The molecule has 1 atom stereocenters. The molecule has 4 nitrogen and oxygen atoms in total. The normalized spacial score (nSPS) is 14.2. The standard InChI is InChI=1S/C20H23NO3S/c1-14(25-12-15-7-5-4-6-8-15)19(22)21-20(2,3)16-9-10-17-18(11-16)24-13-23-17/h4-11,14H,12-13H2,1-3H3,(H,21,22). The molecule has 25 heavy (non-hydrogen) atoms. The zero-order valence-electron chi connectivity index (χ0n) is 14.7. The fourth-order valence-corrected chi connectivity index (χ4v) is 3.48. The van der Waals surface area contributed by atoms with Crippen molar-refractivity contribution in [1.29, 1.82) is 0 Å². The van der Waals surface area contributed by atoms with Gasteiger partial charge < -0.3 is 14.8 Å². The smallest absolute Gasteiger partial charge is 0.233 e. The highest BCUT2D eigenvalue weighted by Crippen LogP contribution is 2.35. The van der Waals surface area contributed by atoms with Crippen molar-refractivity contribution < 1.29 is 14.3 Å². The van der Waals surface area contributed by atoms with Crippen LogP contribution in [0.25, 0.3) is 0 Å². The summed E-state index contributed by atoms with van der Waals surface area (Å²) in [6.45, 7) is 6.19. The van der Waals surface area contributed by atoms with E-state index in [-0.39, 0.29) is 18.0 Å². The van der Waals surface area contributed by atoms with Crippen molar-refractivity contribution in [2.24, 2.45) is 0 Å². The molecule has 1 heterocycles. The zero-order valence-corrected chi connectivity index (χ0v) is 15.6. The van der Waals surface area contributed by atoms with Gasteiger partial charge in [-0.25, -0.2) is 0 Å². The van der Waals surface area contributed by atoms with Crippen LogP contribution < -0.4 is 14.8 Å². The summed E-state index contributed by atoms with van der Waals surface area (Å²) in [6, 6.07) is 16.0. The molecule has 1 unspecified atom stereocenters. The summed E-state index contributed by atoms with van der Waals surface area (Å²) in [7, 11) is 0. The van der Waals surface area contributed by atoms with Crippen LogP contribution >= 0.6 is 11.8 Å². The van der Waals surface area contributed by atoms with E-state index < -0.39 is 5.54 Å². The average molecular weight is 357 g/mol. The molecule has 1 aliphatic rings. The van der Waals surface area contributed by atoms with Crippen LogP contribution in [0.2, 0.25) is 0 Å². The van der Waals surface area contributed by atoms with E-state index in [0.29, 0.717) is 0 Å². The topological polar surface area (TPSA) is 47.6 Å². The van der Waals surface area contributed by atoms with Crippen molar-refractivity contribution >= 4 is 17.7 Å². The van der Waals surface area contributed by atoms with Crippen molar-refractivity contribution in [3.05, 3.63) is 59.7 Å². The molecule has 132 valence electrons. The van der Waals surface area contributed by atoms with E-state index in [1.165, 1.54) is 5.56 Å². The molecule has 0 aliphatic carbocycles. The van der Waals surface area contributed by atoms with Crippen molar-refractivity contribution in [2.75, 3.05) is 6.79 Å². The second-order valence-electron chi connectivity index (χ2n) is 6.62. The molecule has 0 aromatic heterocycles. The Labute approximate surface area is 152 Å². The van der Waals surface area contributed by atoms with E-state index in [1.807, 2.05) is 57.2 Å². The van der Waals surface area contributed by atoms with E-state index in [0.717, 1.165) is 22.8 Å². The molecule has 0 saturated carbocycles. The Morgan fingerprint density at radius 2 is 1.88 bits per heavy atom. The van der Waals surface area contributed by atoms with Crippen molar-refractivity contribution in [3.8, 4) is 11.5 Å². The number of carbonyl (C=O) groups is 1. The summed E-state index contributed by atoms with van der Waals surface area (Å²) in [5, 5.41) is 3.01. The SMILES string of the molecule is CC(SCc1ccccc1)C(=O)NC(C)(C)c1ccc2c(c1)OCO2. The molecular formula is C20H23NO3S. The van der Waals surface area contributed by atoms with Gasteiger partial charge in [-0.05, 0) is 44.0 Å². The van der Waals surface area contributed by atoms with E-state index in [9.17, 15) is 4.79 Å². The van der Waals surface area contributed by atoms with Gasteiger partial charge in [0.25, 0.3) is 0 Å². The van der Waals surface area contributed by atoms with Gasteiger partial charge in [-0.2, -0.15) is 0 Å². The summed E-state index contributed by atoms with van der Waals surface area (Å²) in [5.41, 5.74) is 1.73. The number of hydrogen-bond acceptors (Lipinski definition) is 4. The van der Waals surface area contributed by atoms with E-state index in [1.54, 1.807) is 11.8 Å². The first-order chi connectivity index (χ1) is 12.0. The highest BCUT2D eigenvalue weighted by atomic mass is 32.2. The first-order valence-corrected chi connectivity index (χ1v) is 9.38. The van der Waals surface area contributed by atoms with Gasteiger partial charge in [0.2, 0.25) is 12.7 Å². The summed E-state index contributed by atoms with van der Waals surface area (Å²) < 4.78 is 10.8. The predicted octanol–water partition coefficient (Wildman–Crippen LogP) is 4.09. The molecule has 0 saturated heterocycles. The van der Waals surface area contributed by atoms with Gasteiger partial charge in [-0.3, -0.25) is 4.79 Å². The van der Waals surface area contributed by atoms with Gasteiger partial charge in [0, 0.05) is 5.75 Å². The molecule has 0 spiro atoms. The highest BCUT2D eigenvalue weighted by Gasteiger charge is 2.27. The Morgan fingerprint density at radius 1 is 1.16 bits per heavy atom. The van der Waals surface area contributed by atoms with Crippen LogP contribution in [-0.2, 0) is 16.1 Å². The van der Waals surface area contributed by atoms with Crippen LogP contribution in [0, 0.1) is 0 Å². The third-order valence-corrected chi connectivity index (χ3v) is 5.46. The zero-order chi connectivity index (χ0) is 17.9. The molecule has 2 aromatic rings. The molecule has 5 heteroatoms.